The molecule has 1 heterocycles. The number of hydrogen-bond acceptors (Lipinski definition) is 2. The molecule has 0 N–H and O–H groups in total. The lowest BCUT2D eigenvalue weighted by Crippen LogP contribution is -2.42. The van der Waals surface area contributed by atoms with Gasteiger partial charge in [-0.05, 0) is 31.2 Å². The van der Waals surface area contributed by atoms with Crippen molar-refractivity contribution in [2.45, 2.75) is 12.5 Å². The number of carbonyl (C=O) groups is 1. The minimum Gasteiger partial charge on any atom is -0.446 e. The number of anilines is 1. The van der Waals surface area contributed by atoms with Crippen molar-refractivity contribution in [3.63, 3.8) is 0 Å². The molecule has 2 rings (SSSR count). The number of halogens is 1. The number of nitrogens with zero attached hydrogens (tertiary/aromatic N) is 1. The average molecular weight is 238 g/mol. The maximum atomic E-state index is 11.7. The number of benzene rings is 1. The van der Waals surface area contributed by atoms with E-state index in [-0.39, 0.29) is 6.09 Å². The van der Waals surface area contributed by atoms with E-state index in [0.29, 0.717) is 11.6 Å². The number of amides is 1. The Morgan fingerprint density at radius 3 is 2.69 bits per heavy atom. The lowest BCUT2D eigenvalue weighted by atomic mass is 10.0. The van der Waals surface area contributed by atoms with Crippen LogP contribution in [0.3, 0.4) is 0 Å². The van der Waals surface area contributed by atoms with Gasteiger partial charge in [-0.1, -0.05) is 17.7 Å². The third-order valence-electron chi connectivity index (χ3n) is 2.71. The second kappa shape index (κ2) is 3.83. The third kappa shape index (κ3) is 1.67. The second-order valence-corrected chi connectivity index (χ2v) is 4.36. The van der Waals surface area contributed by atoms with Gasteiger partial charge in [0.2, 0.25) is 0 Å². The van der Waals surface area contributed by atoms with Crippen molar-refractivity contribution in [2.75, 3.05) is 11.5 Å². The zero-order valence-electron chi connectivity index (χ0n) is 8.94. The standard InChI is InChI=1S/C12H12ClNO2/c1-3-12(2)8-16-11(15)14(12)10-6-4-9(13)5-7-10/h3-7H,1,8H2,2H3. The monoisotopic (exact) mass is 237 g/mol. The Bertz CT molecular complexity index is 429. The van der Waals surface area contributed by atoms with Gasteiger partial charge in [0.15, 0.2) is 0 Å². The summed E-state index contributed by atoms with van der Waals surface area (Å²) in [6.45, 7) is 5.96. The van der Waals surface area contributed by atoms with Gasteiger partial charge >= 0.3 is 6.09 Å². The Morgan fingerprint density at radius 2 is 2.12 bits per heavy atom. The van der Waals surface area contributed by atoms with Gasteiger partial charge in [-0.3, -0.25) is 4.90 Å². The van der Waals surface area contributed by atoms with E-state index in [1.807, 2.05) is 6.92 Å². The predicted octanol–water partition coefficient (Wildman–Crippen LogP) is 3.24. The van der Waals surface area contributed by atoms with Gasteiger partial charge < -0.3 is 4.74 Å². The maximum absolute atomic E-state index is 11.7. The molecule has 1 aliphatic rings. The highest BCUT2D eigenvalue weighted by Crippen LogP contribution is 2.31. The van der Waals surface area contributed by atoms with Crippen LogP contribution in [0.2, 0.25) is 5.02 Å². The molecule has 4 heteroatoms. The van der Waals surface area contributed by atoms with Crippen LogP contribution >= 0.6 is 11.6 Å². The Morgan fingerprint density at radius 1 is 1.50 bits per heavy atom. The molecule has 0 saturated carbocycles. The summed E-state index contributed by atoms with van der Waals surface area (Å²) in [5.41, 5.74) is 0.263. The van der Waals surface area contributed by atoms with Crippen molar-refractivity contribution >= 4 is 23.4 Å². The number of cyclic esters (lactones) is 1. The van der Waals surface area contributed by atoms with Gasteiger partial charge in [-0.25, -0.2) is 4.79 Å². The fraction of sp³-hybridized carbons (Fsp3) is 0.250. The Labute approximate surface area is 99.3 Å². The number of hydrogen-bond donors (Lipinski definition) is 0. The molecule has 1 fully saturated rings. The van der Waals surface area contributed by atoms with Crippen molar-refractivity contribution in [1.82, 2.24) is 0 Å². The fourth-order valence-electron chi connectivity index (χ4n) is 1.69. The molecule has 1 aromatic rings. The molecule has 1 atom stereocenters. The minimum atomic E-state index is -0.495. The molecule has 1 unspecified atom stereocenters. The normalized spacial score (nSPS) is 24.4. The largest absolute Gasteiger partial charge is 0.446 e. The lowest BCUT2D eigenvalue weighted by Gasteiger charge is -2.28. The number of rotatable bonds is 2. The van der Waals surface area contributed by atoms with E-state index in [9.17, 15) is 4.79 Å². The molecule has 0 aliphatic carbocycles. The summed E-state index contributed by atoms with van der Waals surface area (Å²) in [6, 6.07) is 7.06. The van der Waals surface area contributed by atoms with Crippen molar-refractivity contribution in [3.05, 3.63) is 41.9 Å². The van der Waals surface area contributed by atoms with Crippen LogP contribution in [0.15, 0.2) is 36.9 Å². The van der Waals surface area contributed by atoms with Crippen LogP contribution in [0.25, 0.3) is 0 Å². The minimum absolute atomic E-state index is 0.317. The molecule has 16 heavy (non-hydrogen) atoms. The molecule has 1 amide bonds. The number of ether oxygens (including phenoxy) is 1. The second-order valence-electron chi connectivity index (χ2n) is 3.93. The fourth-order valence-corrected chi connectivity index (χ4v) is 1.81. The summed E-state index contributed by atoms with van der Waals surface area (Å²) in [4.78, 5) is 13.2. The topological polar surface area (TPSA) is 29.5 Å². The van der Waals surface area contributed by atoms with Crippen LogP contribution in [-0.2, 0) is 4.74 Å². The van der Waals surface area contributed by atoms with Crippen molar-refractivity contribution in [2.24, 2.45) is 0 Å². The van der Waals surface area contributed by atoms with Crippen LogP contribution in [0.5, 0.6) is 0 Å². The summed E-state index contributed by atoms with van der Waals surface area (Å²) in [6.07, 6.45) is 1.36. The Balaban J connectivity index is 2.41. The molecule has 0 aromatic heterocycles. The van der Waals surface area contributed by atoms with Crippen LogP contribution in [-0.4, -0.2) is 18.2 Å². The molecule has 3 nitrogen and oxygen atoms in total. The first-order valence-corrected chi connectivity index (χ1v) is 5.31. The van der Waals surface area contributed by atoms with E-state index in [1.165, 1.54) is 0 Å². The maximum Gasteiger partial charge on any atom is 0.415 e. The highest BCUT2D eigenvalue weighted by atomic mass is 35.5. The highest BCUT2D eigenvalue weighted by Gasteiger charge is 2.42. The SMILES string of the molecule is C=CC1(C)COC(=O)N1c1ccc(Cl)cc1. The van der Waals surface area contributed by atoms with Crippen LogP contribution in [0.4, 0.5) is 10.5 Å². The van der Waals surface area contributed by atoms with Crippen molar-refractivity contribution in [3.8, 4) is 0 Å². The predicted molar refractivity (Wildman–Crippen MR) is 63.9 cm³/mol. The molecule has 1 aromatic carbocycles. The first-order chi connectivity index (χ1) is 7.57. The van der Waals surface area contributed by atoms with Crippen molar-refractivity contribution < 1.29 is 9.53 Å². The Hall–Kier alpha value is -1.48. The van der Waals surface area contributed by atoms with E-state index in [0.717, 1.165) is 5.69 Å². The third-order valence-corrected chi connectivity index (χ3v) is 2.96. The first-order valence-electron chi connectivity index (χ1n) is 4.93. The quantitative estimate of drug-likeness (QED) is 0.739. The summed E-state index contributed by atoms with van der Waals surface area (Å²) in [5, 5.41) is 0.636. The van der Waals surface area contributed by atoms with E-state index in [1.54, 1.807) is 35.2 Å². The van der Waals surface area contributed by atoms with Gasteiger partial charge in [0.05, 0.1) is 0 Å². The van der Waals surface area contributed by atoms with Gasteiger partial charge in [-0.15, -0.1) is 6.58 Å². The van der Waals surface area contributed by atoms with Crippen LogP contribution in [0, 0.1) is 0 Å². The van der Waals surface area contributed by atoms with E-state index in [4.69, 9.17) is 16.3 Å². The van der Waals surface area contributed by atoms with Gasteiger partial charge in [0.1, 0.15) is 12.1 Å². The molecule has 1 saturated heterocycles. The first kappa shape index (κ1) is 11.0. The van der Waals surface area contributed by atoms with Gasteiger partial charge in [0, 0.05) is 10.7 Å². The molecule has 0 radical (unpaired) electrons. The van der Waals surface area contributed by atoms with Crippen LogP contribution < -0.4 is 4.90 Å². The highest BCUT2D eigenvalue weighted by molar-refractivity contribution is 6.30. The molecular weight excluding hydrogens is 226 g/mol. The van der Waals surface area contributed by atoms with E-state index in [2.05, 4.69) is 6.58 Å². The van der Waals surface area contributed by atoms with Crippen LogP contribution in [0.1, 0.15) is 6.92 Å². The summed E-state index contributed by atoms with van der Waals surface area (Å²) >= 11 is 5.80. The van der Waals surface area contributed by atoms with Crippen molar-refractivity contribution in [1.29, 1.82) is 0 Å². The lowest BCUT2D eigenvalue weighted by molar-refractivity contribution is 0.176. The van der Waals surface area contributed by atoms with Gasteiger partial charge in [-0.2, -0.15) is 0 Å². The molecule has 0 bridgehead atoms. The zero-order valence-corrected chi connectivity index (χ0v) is 9.70. The summed E-state index contributed by atoms with van der Waals surface area (Å²) < 4.78 is 5.04. The molecule has 0 spiro atoms. The van der Waals surface area contributed by atoms with E-state index >= 15 is 0 Å². The average Bonchev–Trinajstić information content (AvgIpc) is 2.58. The molecule has 84 valence electrons. The van der Waals surface area contributed by atoms with E-state index < -0.39 is 5.54 Å². The smallest absolute Gasteiger partial charge is 0.415 e. The number of carbonyl (C=O) groups excluding carboxylic acids is 1. The van der Waals surface area contributed by atoms with Gasteiger partial charge in [0.25, 0.3) is 0 Å². The molecular formula is C12H12ClNO2. The summed E-state index contributed by atoms with van der Waals surface area (Å²) in [5.74, 6) is 0. The zero-order chi connectivity index (χ0) is 11.8. The Kier molecular flexibility index (Phi) is 2.64. The molecule has 1 aliphatic heterocycles. The summed E-state index contributed by atoms with van der Waals surface area (Å²) in [7, 11) is 0.